The Balaban J connectivity index is 1.69. The lowest BCUT2D eigenvalue weighted by atomic mass is 10.2. The van der Waals surface area contributed by atoms with Crippen molar-refractivity contribution in [2.75, 3.05) is 19.4 Å². The summed E-state index contributed by atoms with van der Waals surface area (Å²) in [5.41, 5.74) is 3.00. The number of benzene rings is 2. The average molecular weight is 455 g/mol. The standard InChI is InChI=1S/C22H22N4O3S2/c1-14-10-11-17(31(28,29)25(3)4)12-19(14)23-21(27)20-13-18-15(2)24-26(22(18)30-20)16-8-6-5-7-9-16/h5-13H,1-4H3,(H,23,27). The first-order valence-corrected chi connectivity index (χ1v) is 11.8. The van der Waals surface area contributed by atoms with Crippen molar-refractivity contribution in [3.8, 4) is 5.69 Å². The van der Waals surface area contributed by atoms with Crippen LogP contribution in [0.5, 0.6) is 0 Å². The van der Waals surface area contributed by atoms with Gasteiger partial charge in [-0.1, -0.05) is 24.3 Å². The summed E-state index contributed by atoms with van der Waals surface area (Å²) in [5, 5.41) is 8.38. The average Bonchev–Trinajstić information content (AvgIpc) is 3.31. The number of para-hydroxylation sites is 1. The van der Waals surface area contributed by atoms with Crippen molar-refractivity contribution in [1.82, 2.24) is 14.1 Å². The van der Waals surface area contributed by atoms with Crippen LogP contribution in [-0.2, 0) is 10.0 Å². The summed E-state index contributed by atoms with van der Waals surface area (Å²) in [6, 6.07) is 16.3. The molecule has 0 aliphatic carbocycles. The number of amides is 1. The van der Waals surface area contributed by atoms with Crippen molar-refractivity contribution in [1.29, 1.82) is 0 Å². The third-order valence-electron chi connectivity index (χ3n) is 5.00. The molecule has 0 saturated carbocycles. The van der Waals surface area contributed by atoms with Gasteiger partial charge >= 0.3 is 0 Å². The van der Waals surface area contributed by atoms with E-state index in [1.807, 2.05) is 54.9 Å². The lowest BCUT2D eigenvalue weighted by Crippen LogP contribution is -2.22. The van der Waals surface area contributed by atoms with Crippen LogP contribution >= 0.6 is 11.3 Å². The van der Waals surface area contributed by atoms with Gasteiger partial charge in [0.1, 0.15) is 4.83 Å². The molecule has 0 saturated heterocycles. The molecular weight excluding hydrogens is 432 g/mol. The second-order valence-electron chi connectivity index (χ2n) is 7.38. The first kappa shape index (κ1) is 21.2. The maximum atomic E-state index is 13.0. The number of hydrogen-bond donors (Lipinski definition) is 1. The zero-order valence-corrected chi connectivity index (χ0v) is 19.2. The molecule has 7 nitrogen and oxygen atoms in total. The van der Waals surface area contributed by atoms with Gasteiger partial charge in [-0.05, 0) is 49.7 Å². The molecule has 0 radical (unpaired) electrons. The summed E-state index contributed by atoms with van der Waals surface area (Å²) in [7, 11) is -0.647. The van der Waals surface area contributed by atoms with Gasteiger partial charge in [0.25, 0.3) is 5.91 Å². The third kappa shape index (κ3) is 3.87. The lowest BCUT2D eigenvalue weighted by molar-refractivity contribution is 0.103. The molecular formula is C22H22N4O3S2. The number of nitrogens with one attached hydrogen (secondary N) is 1. The summed E-state index contributed by atoms with van der Waals surface area (Å²) >= 11 is 1.35. The molecule has 9 heteroatoms. The zero-order chi connectivity index (χ0) is 22.3. The molecule has 31 heavy (non-hydrogen) atoms. The number of fused-ring (bicyclic) bond motifs is 1. The molecule has 0 aliphatic heterocycles. The van der Waals surface area contributed by atoms with Gasteiger partial charge in [-0.3, -0.25) is 4.79 Å². The fourth-order valence-corrected chi connectivity index (χ4v) is 5.20. The Kier molecular flexibility index (Phi) is 5.42. The molecule has 0 atom stereocenters. The highest BCUT2D eigenvalue weighted by molar-refractivity contribution is 7.89. The van der Waals surface area contributed by atoms with E-state index in [0.29, 0.717) is 10.6 Å². The largest absolute Gasteiger partial charge is 0.321 e. The Morgan fingerprint density at radius 1 is 1.06 bits per heavy atom. The minimum Gasteiger partial charge on any atom is -0.321 e. The van der Waals surface area contributed by atoms with Gasteiger partial charge < -0.3 is 5.32 Å². The predicted octanol–water partition coefficient (Wildman–Crippen LogP) is 4.21. The second kappa shape index (κ2) is 7.92. The monoisotopic (exact) mass is 454 g/mol. The van der Waals surface area contributed by atoms with Gasteiger partial charge in [0.2, 0.25) is 10.0 Å². The topological polar surface area (TPSA) is 84.3 Å². The minimum atomic E-state index is -3.60. The summed E-state index contributed by atoms with van der Waals surface area (Å²) < 4.78 is 27.9. The molecule has 4 aromatic rings. The Bertz CT molecular complexity index is 1390. The van der Waals surface area contributed by atoms with Crippen LogP contribution in [0.25, 0.3) is 15.9 Å². The van der Waals surface area contributed by atoms with E-state index in [9.17, 15) is 13.2 Å². The van der Waals surface area contributed by atoms with Crippen molar-refractivity contribution in [3.63, 3.8) is 0 Å². The number of sulfonamides is 1. The van der Waals surface area contributed by atoms with Crippen LogP contribution in [0.15, 0.2) is 59.5 Å². The molecule has 0 fully saturated rings. The fourth-order valence-electron chi connectivity index (χ4n) is 3.19. The molecule has 1 N–H and O–H groups in total. The summed E-state index contributed by atoms with van der Waals surface area (Å²) in [4.78, 5) is 14.5. The van der Waals surface area contributed by atoms with Crippen molar-refractivity contribution in [3.05, 3.63) is 70.7 Å². The van der Waals surface area contributed by atoms with Gasteiger partial charge in [-0.2, -0.15) is 5.10 Å². The number of carbonyl (C=O) groups is 1. The van der Waals surface area contributed by atoms with Crippen LogP contribution in [0, 0.1) is 13.8 Å². The summed E-state index contributed by atoms with van der Waals surface area (Å²) in [5.74, 6) is -0.289. The van der Waals surface area contributed by atoms with Crippen molar-refractivity contribution in [2.45, 2.75) is 18.7 Å². The smallest absolute Gasteiger partial charge is 0.265 e. The van der Waals surface area contributed by atoms with E-state index in [4.69, 9.17) is 0 Å². The molecule has 4 rings (SSSR count). The minimum absolute atomic E-state index is 0.130. The van der Waals surface area contributed by atoms with Crippen molar-refractivity contribution >= 4 is 43.2 Å². The van der Waals surface area contributed by atoms with Gasteiger partial charge in [0.15, 0.2) is 0 Å². The van der Waals surface area contributed by atoms with Gasteiger partial charge in [0, 0.05) is 25.2 Å². The quantitative estimate of drug-likeness (QED) is 0.490. The van der Waals surface area contributed by atoms with Crippen LogP contribution < -0.4 is 5.32 Å². The molecule has 160 valence electrons. The van der Waals surface area contributed by atoms with Crippen LogP contribution in [0.3, 0.4) is 0 Å². The van der Waals surface area contributed by atoms with E-state index in [2.05, 4.69) is 10.4 Å². The maximum Gasteiger partial charge on any atom is 0.265 e. The van der Waals surface area contributed by atoms with Crippen LogP contribution in [0.2, 0.25) is 0 Å². The maximum absolute atomic E-state index is 13.0. The molecule has 2 heterocycles. The van der Waals surface area contributed by atoms with E-state index >= 15 is 0 Å². The molecule has 0 bridgehead atoms. The summed E-state index contributed by atoms with van der Waals surface area (Å²) in [6.07, 6.45) is 0. The molecule has 2 aromatic carbocycles. The number of carbonyl (C=O) groups excluding carboxylic acids is 1. The third-order valence-corrected chi connectivity index (χ3v) is 7.93. The lowest BCUT2D eigenvalue weighted by Gasteiger charge is -2.14. The number of thiophene rings is 1. The fraction of sp³-hybridized carbons (Fsp3) is 0.182. The Morgan fingerprint density at radius 3 is 2.45 bits per heavy atom. The number of aryl methyl sites for hydroxylation is 2. The molecule has 0 spiro atoms. The van der Waals surface area contributed by atoms with Crippen LogP contribution in [-0.4, -0.2) is 42.5 Å². The number of anilines is 1. The van der Waals surface area contributed by atoms with Crippen molar-refractivity contribution in [2.24, 2.45) is 0 Å². The first-order chi connectivity index (χ1) is 14.7. The molecule has 0 unspecified atom stereocenters. The number of rotatable bonds is 5. The number of nitrogens with zero attached hydrogens (tertiary/aromatic N) is 3. The molecule has 1 amide bonds. The SMILES string of the molecule is Cc1ccc(S(=O)(=O)N(C)C)cc1NC(=O)c1cc2c(C)nn(-c3ccccc3)c2s1. The van der Waals surface area contributed by atoms with Gasteiger partial charge in [-0.15, -0.1) is 11.3 Å². The highest BCUT2D eigenvalue weighted by atomic mass is 32.2. The first-order valence-electron chi connectivity index (χ1n) is 9.57. The predicted molar refractivity (Wildman–Crippen MR) is 124 cm³/mol. The van der Waals surface area contributed by atoms with Gasteiger partial charge in [-0.25, -0.2) is 17.4 Å². The van der Waals surface area contributed by atoms with E-state index in [1.165, 1.54) is 37.6 Å². The molecule has 2 aromatic heterocycles. The Morgan fingerprint density at radius 2 is 1.77 bits per heavy atom. The van der Waals surface area contributed by atoms with E-state index in [0.717, 1.165) is 31.5 Å². The van der Waals surface area contributed by atoms with Crippen LogP contribution in [0.1, 0.15) is 20.9 Å². The van der Waals surface area contributed by atoms with Gasteiger partial charge in [0.05, 0.1) is 21.2 Å². The highest BCUT2D eigenvalue weighted by Gasteiger charge is 2.21. The van der Waals surface area contributed by atoms with Crippen molar-refractivity contribution < 1.29 is 13.2 Å². The number of aromatic nitrogens is 2. The highest BCUT2D eigenvalue weighted by Crippen LogP contribution is 2.31. The van der Waals surface area contributed by atoms with E-state index in [1.54, 1.807) is 6.07 Å². The molecule has 0 aliphatic rings. The summed E-state index contributed by atoms with van der Waals surface area (Å²) in [6.45, 7) is 3.74. The Labute approximate surface area is 185 Å². The van der Waals surface area contributed by atoms with Crippen LogP contribution in [0.4, 0.5) is 5.69 Å². The zero-order valence-electron chi connectivity index (χ0n) is 17.6. The van der Waals surface area contributed by atoms with E-state index in [-0.39, 0.29) is 10.8 Å². The number of hydrogen-bond acceptors (Lipinski definition) is 5. The Hall–Kier alpha value is -3.01. The normalized spacial score (nSPS) is 11.9. The second-order valence-corrected chi connectivity index (χ2v) is 10.6. The van der Waals surface area contributed by atoms with E-state index < -0.39 is 10.0 Å².